The highest BCUT2D eigenvalue weighted by Gasteiger charge is 2.19. The Balaban J connectivity index is 2.03. The third kappa shape index (κ3) is 3.48. The van der Waals surface area contributed by atoms with Gasteiger partial charge >= 0.3 is 0 Å². The lowest BCUT2D eigenvalue weighted by Gasteiger charge is -2.23. The molecule has 0 aromatic heterocycles. The second-order valence-electron chi connectivity index (χ2n) is 5.18. The molecule has 0 heterocycles. The van der Waals surface area contributed by atoms with Crippen molar-refractivity contribution in [2.75, 3.05) is 6.61 Å². The molecule has 4 heteroatoms. The Bertz CT molecular complexity index is 499. The smallest absolute Gasteiger partial charge is 0.165 e. The maximum Gasteiger partial charge on any atom is 0.165 e. The van der Waals surface area contributed by atoms with Gasteiger partial charge in [-0.25, -0.2) is 8.78 Å². The summed E-state index contributed by atoms with van der Waals surface area (Å²) in [5.74, 6) is -1.80. The van der Waals surface area contributed by atoms with E-state index in [4.69, 9.17) is 12.6 Å². The van der Waals surface area contributed by atoms with Crippen LogP contribution in [0.1, 0.15) is 44.6 Å². The molecule has 0 saturated carbocycles. The van der Waals surface area contributed by atoms with Crippen molar-refractivity contribution in [3.8, 4) is 0 Å². The second kappa shape index (κ2) is 7.03. The van der Waals surface area contributed by atoms with Gasteiger partial charge in [0.25, 0.3) is 0 Å². The van der Waals surface area contributed by atoms with Crippen molar-refractivity contribution in [1.29, 1.82) is 0 Å². The van der Waals surface area contributed by atoms with E-state index < -0.39 is 11.6 Å². The van der Waals surface area contributed by atoms with Crippen molar-refractivity contribution < 1.29 is 13.5 Å². The third-order valence-electron chi connectivity index (χ3n) is 3.67. The second-order valence-corrected chi connectivity index (χ2v) is 5.18. The fourth-order valence-corrected chi connectivity index (χ4v) is 2.41. The first-order valence-electron chi connectivity index (χ1n) is 7.18. The summed E-state index contributed by atoms with van der Waals surface area (Å²) in [6.07, 6.45) is 6.64. The Morgan fingerprint density at radius 2 is 2.10 bits per heavy atom. The van der Waals surface area contributed by atoms with Gasteiger partial charge in [-0.05, 0) is 31.3 Å². The summed E-state index contributed by atoms with van der Waals surface area (Å²) >= 11 is 0. The molecular formula is C16H19BF2O. The van der Waals surface area contributed by atoms with Crippen molar-refractivity contribution in [3.05, 3.63) is 35.4 Å². The molecule has 0 saturated heterocycles. The van der Waals surface area contributed by atoms with Gasteiger partial charge in [-0.1, -0.05) is 37.0 Å². The van der Waals surface area contributed by atoms with Gasteiger partial charge in [-0.3, -0.25) is 0 Å². The Hall–Kier alpha value is -1.16. The maximum absolute atomic E-state index is 13.9. The lowest BCUT2D eigenvalue weighted by molar-refractivity contribution is 0.0466. The van der Waals surface area contributed by atoms with Gasteiger partial charge in [0.15, 0.2) is 11.6 Å². The molecule has 1 aliphatic carbocycles. The van der Waals surface area contributed by atoms with Gasteiger partial charge in [0, 0.05) is 12.2 Å². The minimum atomic E-state index is -0.954. The first kappa shape index (κ1) is 15.2. The molecule has 2 radical (unpaired) electrons. The van der Waals surface area contributed by atoms with Gasteiger partial charge in [0.2, 0.25) is 0 Å². The molecular weight excluding hydrogens is 257 g/mol. The van der Waals surface area contributed by atoms with Crippen molar-refractivity contribution in [3.63, 3.8) is 0 Å². The van der Waals surface area contributed by atoms with E-state index in [1.165, 1.54) is 6.07 Å². The number of allylic oxidation sites excluding steroid dienone is 1. The van der Waals surface area contributed by atoms with E-state index in [-0.39, 0.29) is 11.6 Å². The number of ether oxygens (including phenoxy) is 1. The average Bonchev–Trinajstić information content (AvgIpc) is 2.46. The number of hydrogen-bond donors (Lipinski definition) is 0. The molecule has 0 aliphatic heterocycles. The average molecular weight is 276 g/mol. The molecule has 0 amide bonds. The largest absolute Gasteiger partial charge is 0.378 e. The van der Waals surface area contributed by atoms with Crippen molar-refractivity contribution in [1.82, 2.24) is 0 Å². The van der Waals surface area contributed by atoms with E-state index in [1.54, 1.807) is 6.07 Å². The van der Waals surface area contributed by atoms with Gasteiger partial charge in [-0.2, -0.15) is 0 Å². The van der Waals surface area contributed by atoms with Gasteiger partial charge < -0.3 is 4.74 Å². The fourth-order valence-electron chi connectivity index (χ4n) is 2.41. The van der Waals surface area contributed by atoms with Crippen LogP contribution in [-0.2, 0) is 4.74 Å². The van der Waals surface area contributed by atoms with Crippen molar-refractivity contribution in [2.45, 2.75) is 45.1 Å². The molecule has 2 rings (SSSR count). The molecule has 106 valence electrons. The standard InChI is InChI=1S/C16H19BF2O/c1-2-3-10-20-12-6-4-11(5-7-12)13-8-9-14(17)16(19)15(13)18/h4,8-9,12H,2-3,5-7,10H2,1H3. The Kier molecular flexibility index (Phi) is 5.35. The first-order chi connectivity index (χ1) is 9.63. The summed E-state index contributed by atoms with van der Waals surface area (Å²) in [4.78, 5) is 0. The van der Waals surface area contributed by atoms with Crippen LogP contribution in [-0.4, -0.2) is 20.6 Å². The van der Waals surface area contributed by atoms with E-state index in [0.29, 0.717) is 12.0 Å². The minimum Gasteiger partial charge on any atom is -0.378 e. The summed E-state index contributed by atoms with van der Waals surface area (Å²) < 4.78 is 33.1. The highest BCUT2D eigenvalue weighted by atomic mass is 19.2. The lowest BCUT2D eigenvalue weighted by Crippen LogP contribution is -2.17. The van der Waals surface area contributed by atoms with E-state index in [1.807, 2.05) is 6.08 Å². The third-order valence-corrected chi connectivity index (χ3v) is 3.67. The molecule has 20 heavy (non-hydrogen) atoms. The quantitative estimate of drug-likeness (QED) is 0.590. The monoisotopic (exact) mass is 276 g/mol. The maximum atomic E-state index is 13.9. The zero-order valence-corrected chi connectivity index (χ0v) is 11.8. The summed E-state index contributed by atoms with van der Waals surface area (Å²) in [6, 6.07) is 2.97. The number of halogens is 2. The highest BCUT2D eigenvalue weighted by molar-refractivity contribution is 6.32. The van der Waals surface area contributed by atoms with Gasteiger partial charge in [0.1, 0.15) is 7.85 Å². The van der Waals surface area contributed by atoms with Crippen LogP contribution in [0.3, 0.4) is 0 Å². The summed E-state index contributed by atoms with van der Waals surface area (Å²) in [7, 11) is 5.35. The Morgan fingerprint density at radius 1 is 1.30 bits per heavy atom. The van der Waals surface area contributed by atoms with E-state index in [2.05, 4.69) is 6.92 Å². The van der Waals surface area contributed by atoms with Crippen LogP contribution in [0.25, 0.3) is 5.57 Å². The minimum absolute atomic E-state index is 0.150. The number of rotatable bonds is 5. The number of benzene rings is 1. The fraction of sp³-hybridized carbons (Fsp3) is 0.500. The van der Waals surface area contributed by atoms with Crippen LogP contribution in [0, 0.1) is 11.6 Å². The van der Waals surface area contributed by atoms with Crippen LogP contribution in [0.4, 0.5) is 8.78 Å². The van der Waals surface area contributed by atoms with Crippen LogP contribution >= 0.6 is 0 Å². The van der Waals surface area contributed by atoms with Crippen molar-refractivity contribution >= 4 is 18.9 Å². The molecule has 1 aromatic rings. The molecule has 1 unspecified atom stereocenters. The summed E-state index contributed by atoms with van der Waals surface area (Å²) in [5, 5.41) is 0. The molecule has 1 nitrogen and oxygen atoms in total. The van der Waals surface area contributed by atoms with Crippen LogP contribution in [0.15, 0.2) is 18.2 Å². The number of unbranched alkanes of at least 4 members (excludes halogenated alkanes) is 1. The van der Waals surface area contributed by atoms with E-state index in [9.17, 15) is 8.78 Å². The van der Waals surface area contributed by atoms with E-state index >= 15 is 0 Å². The molecule has 1 aromatic carbocycles. The SMILES string of the molecule is [B]c1ccc(C2=CCC(OCCCC)CC2)c(F)c1F. The van der Waals surface area contributed by atoms with Crippen LogP contribution in [0.2, 0.25) is 0 Å². The normalized spacial score (nSPS) is 18.9. The molecule has 1 atom stereocenters. The molecule has 0 spiro atoms. The zero-order valence-electron chi connectivity index (χ0n) is 11.8. The number of hydrogen-bond acceptors (Lipinski definition) is 1. The van der Waals surface area contributed by atoms with Crippen LogP contribution in [0.5, 0.6) is 0 Å². The highest BCUT2D eigenvalue weighted by Crippen LogP contribution is 2.30. The molecule has 0 N–H and O–H groups in total. The molecule has 1 aliphatic rings. The van der Waals surface area contributed by atoms with Crippen LogP contribution < -0.4 is 5.46 Å². The Labute approximate surface area is 120 Å². The van der Waals surface area contributed by atoms with E-state index in [0.717, 1.165) is 37.9 Å². The Morgan fingerprint density at radius 3 is 2.75 bits per heavy atom. The summed E-state index contributed by atoms with van der Waals surface area (Å²) in [6.45, 7) is 2.90. The molecule has 0 bridgehead atoms. The first-order valence-corrected chi connectivity index (χ1v) is 7.18. The zero-order chi connectivity index (χ0) is 14.5. The van der Waals surface area contributed by atoms with Gasteiger partial charge in [-0.15, -0.1) is 0 Å². The van der Waals surface area contributed by atoms with Crippen molar-refractivity contribution in [2.24, 2.45) is 0 Å². The predicted molar refractivity (Wildman–Crippen MR) is 78.2 cm³/mol. The molecule has 0 fully saturated rings. The van der Waals surface area contributed by atoms with Gasteiger partial charge in [0.05, 0.1) is 6.10 Å². The topological polar surface area (TPSA) is 9.23 Å². The lowest BCUT2D eigenvalue weighted by atomic mass is 9.88. The summed E-state index contributed by atoms with van der Waals surface area (Å²) in [5.41, 5.74) is 1.02. The predicted octanol–water partition coefficient (Wildman–Crippen LogP) is 3.51.